The summed E-state index contributed by atoms with van der Waals surface area (Å²) in [6.45, 7) is 1.38. The molecule has 2 N–H and O–H groups in total. The number of hydrogen-bond acceptors (Lipinski definition) is 3. The van der Waals surface area contributed by atoms with E-state index in [0.717, 1.165) is 17.7 Å². The highest BCUT2D eigenvalue weighted by Gasteiger charge is 2.03. The van der Waals surface area contributed by atoms with E-state index in [2.05, 4.69) is 10.6 Å². The van der Waals surface area contributed by atoms with Gasteiger partial charge >= 0.3 is 0 Å². The molecule has 0 aliphatic heterocycles. The Morgan fingerprint density at radius 2 is 1.79 bits per heavy atom. The quantitative estimate of drug-likeness (QED) is 0.694. The smallest absolute Gasteiger partial charge is 0.233 e. The van der Waals surface area contributed by atoms with E-state index in [0.29, 0.717) is 25.1 Å². The zero-order valence-corrected chi connectivity index (χ0v) is 13.8. The van der Waals surface area contributed by atoms with Gasteiger partial charge in [-0.1, -0.05) is 30.3 Å². The molecule has 0 heterocycles. The topological polar surface area (TPSA) is 50.4 Å². The zero-order valence-electron chi connectivity index (χ0n) is 13.8. The highest BCUT2D eigenvalue weighted by atomic mass is 19.1. The first-order valence-electron chi connectivity index (χ1n) is 8.03. The molecule has 1 amide bonds. The van der Waals surface area contributed by atoms with Crippen molar-refractivity contribution in [3.8, 4) is 5.75 Å². The summed E-state index contributed by atoms with van der Waals surface area (Å²) in [5, 5.41) is 5.89. The Morgan fingerprint density at radius 3 is 2.50 bits per heavy atom. The molecule has 0 aromatic heterocycles. The van der Waals surface area contributed by atoms with E-state index < -0.39 is 0 Å². The number of carbonyl (C=O) groups excluding carboxylic acids is 1. The van der Waals surface area contributed by atoms with Crippen LogP contribution in [0.1, 0.15) is 11.1 Å². The minimum atomic E-state index is -0.205. The number of amides is 1. The number of hydrogen-bond donors (Lipinski definition) is 2. The van der Waals surface area contributed by atoms with Crippen molar-refractivity contribution < 1.29 is 13.9 Å². The van der Waals surface area contributed by atoms with Gasteiger partial charge in [-0.15, -0.1) is 0 Å². The largest absolute Gasteiger partial charge is 0.497 e. The Bertz CT molecular complexity index is 644. The molecule has 24 heavy (non-hydrogen) atoms. The number of nitrogens with one attached hydrogen (secondary N) is 2. The first-order chi connectivity index (χ1) is 11.7. The maximum atomic E-state index is 13.4. The molecule has 2 aromatic rings. The molecule has 0 saturated heterocycles. The standard InChI is InChI=1S/C19H23FN2O2/c1-24-17-8-6-15(7-9-17)10-13-22-19(23)14-21-12-11-16-4-2-3-5-18(16)20/h2-9,21H,10-14H2,1H3,(H,22,23). The highest BCUT2D eigenvalue weighted by Crippen LogP contribution is 2.11. The minimum Gasteiger partial charge on any atom is -0.497 e. The summed E-state index contributed by atoms with van der Waals surface area (Å²) in [4.78, 5) is 11.7. The Kier molecular flexibility index (Phi) is 7.23. The molecule has 0 atom stereocenters. The number of benzene rings is 2. The van der Waals surface area contributed by atoms with Gasteiger partial charge in [-0.05, 0) is 48.7 Å². The van der Waals surface area contributed by atoms with Gasteiger partial charge in [0.25, 0.3) is 0 Å². The first-order valence-corrected chi connectivity index (χ1v) is 8.03. The maximum Gasteiger partial charge on any atom is 0.233 e. The van der Waals surface area contributed by atoms with Crippen molar-refractivity contribution >= 4 is 5.91 Å². The third kappa shape index (κ3) is 6.01. The van der Waals surface area contributed by atoms with Gasteiger partial charge in [-0.25, -0.2) is 4.39 Å². The summed E-state index contributed by atoms with van der Waals surface area (Å²) < 4.78 is 18.5. The van der Waals surface area contributed by atoms with E-state index >= 15 is 0 Å². The third-order valence-electron chi connectivity index (χ3n) is 3.71. The Labute approximate surface area is 142 Å². The summed E-state index contributed by atoms with van der Waals surface area (Å²) in [5.41, 5.74) is 1.80. The van der Waals surface area contributed by atoms with Gasteiger partial charge in [0, 0.05) is 6.54 Å². The van der Waals surface area contributed by atoms with Crippen molar-refractivity contribution in [2.75, 3.05) is 26.7 Å². The molecule has 0 unspecified atom stereocenters. The second-order valence-corrected chi connectivity index (χ2v) is 5.47. The molecule has 2 rings (SSSR count). The molecule has 128 valence electrons. The molecule has 0 bridgehead atoms. The molecule has 4 nitrogen and oxygen atoms in total. The molecule has 0 saturated carbocycles. The van der Waals surface area contributed by atoms with Crippen molar-refractivity contribution in [2.24, 2.45) is 0 Å². The fraction of sp³-hybridized carbons (Fsp3) is 0.316. The van der Waals surface area contributed by atoms with Gasteiger partial charge in [-0.2, -0.15) is 0 Å². The average molecular weight is 330 g/mol. The molecular formula is C19H23FN2O2. The van der Waals surface area contributed by atoms with Crippen LogP contribution in [-0.4, -0.2) is 32.7 Å². The van der Waals surface area contributed by atoms with Crippen LogP contribution >= 0.6 is 0 Å². The number of halogens is 1. The van der Waals surface area contributed by atoms with Crippen molar-refractivity contribution in [2.45, 2.75) is 12.8 Å². The zero-order chi connectivity index (χ0) is 17.2. The molecule has 0 spiro atoms. The monoisotopic (exact) mass is 330 g/mol. The van der Waals surface area contributed by atoms with Crippen molar-refractivity contribution in [1.29, 1.82) is 0 Å². The second-order valence-electron chi connectivity index (χ2n) is 5.47. The lowest BCUT2D eigenvalue weighted by Crippen LogP contribution is -2.35. The van der Waals surface area contributed by atoms with Crippen LogP contribution in [0.3, 0.4) is 0 Å². The van der Waals surface area contributed by atoms with Crippen LogP contribution in [0.5, 0.6) is 5.75 Å². The van der Waals surface area contributed by atoms with Crippen LogP contribution in [0.25, 0.3) is 0 Å². The van der Waals surface area contributed by atoms with Crippen LogP contribution in [-0.2, 0) is 17.6 Å². The molecule has 5 heteroatoms. The summed E-state index contributed by atoms with van der Waals surface area (Å²) in [6, 6.07) is 14.5. The molecule has 0 fully saturated rings. The fourth-order valence-corrected chi connectivity index (χ4v) is 2.33. The lowest BCUT2D eigenvalue weighted by Gasteiger charge is -2.08. The lowest BCUT2D eigenvalue weighted by atomic mass is 10.1. The van der Waals surface area contributed by atoms with E-state index in [-0.39, 0.29) is 18.3 Å². The highest BCUT2D eigenvalue weighted by molar-refractivity contribution is 5.77. The fourth-order valence-electron chi connectivity index (χ4n) is 2.33. The van der Waals surface area contributed by atoms with E-state index in [1.54, 1.807) is 19.2 Å². The molecular weight excluding hydrogens is 307 g/mol. The Hall–Kier alpha value is -2.40. The first kappa shape index (κ1) is 17.9. The number of ether oxygens (including phenoxy) is 1. The number of methoxy groups -OCH3 is 1. The van der Waals surface area contributed by atoms with Crippen molar-refractivity contribution in [3.63, 3.8) is 0 Å². The average Bonchev–Trinajstić information content (AvgIpc) is 2.61. The summed E-state index contributed by atoms with van der Waals surface area (Å²) in [7, 11) is 1.63. The van der Waals surface area contributed by atoms with Crippen LogP contribution in [0.2, 0.25) is 0 Å². The number of carbonyl (C=O) groups is 1. The van der Waals surface area contributed by atoms with Gasteiger partial charge in [-0.3, -0.25) is 4.79 Å². The second kappa shape index (κ2) is 9.67. The van der Waals surface area contributed by atoms with E-state index in [9.17, 15) is 9.18 Å². The van der Waals surface area contributed by atoms with E-state index in [1.807, 2.05) is 30.3 Å². The van der Waals surface area contributed by atoms with Crippen LogP contribution in [0.15, 0.2) is 48.5 Å². The molecule has 0 aliphatic carbocycles. The van der Waals surface area contributed by atoms with Gasteiger partial charge in [0.05, 0.1) is 13.7 Å². The van der Waals surface area contributed by atoms with Crippen molar-refractivity contribution in [3.05, 3.63) is 65.5 Å². The van der Waals surface area contributed by atoms with E-state index in [4.69, 9.17) is 4.74 Å². The van der Waals surface area contributed by atoms with Gasteiger partial charge in [0.1, 0.15) is 11.6 Å². The van der Waals surface area contributed by atoms with Crippen LogP contribution in [0, 0.1) is 5.82 Å². The number of rotatable bonds is 9. The Balaban J connectivity index is 1.58. The van der Waals surface area contributed by atoms with Crippen LogP contribution < -0.4 is 15.4 Å². The predicted molar refractivity (Wildman–Crippen MR) is 92.7 cm³/mol. The molecule has 0 radical (unpaired) electrons. The Morgan fingerprint density at radius 1 is 1.04 bits per heavy atom. The molecule has 2 aromatic carbocycles. The normalized spacial score (nSPS) is 10.4. The van der Waals surface area contributed by atoms with Gasteiger partial charge in [0.2, 0.25) is 5.91 Å². The van der Waals surface area contributed by atoms with E-state index in [1.165, 1.54) is 6.07 Å². The minimum absolute atomic E-state index is 0.0583. The predicted octanol–water partition coefficient (Wildman–Crippen LogP) is 2.33. The summed E-state index contributed by atoms with van der Waals surface area (Å²) in [6.07, 6.45) is 1.33. The van der Waals surface area contributed by atoms with Crippen LogP contribution in [0.4, 0.5) is 4.39 Å². The third-order valence-corrected chi connectivity index (χ3v) is 3.71. The van der Waals surface area contributed by atoms with Crippen molar-refractivity contribution in [1.82, 2.24) is 10.6 Å². The maximum absolute atomic E-state index is 13.4. The van der Waals surface area contributed by atoms with Gasteiger partial charge < -0.3 is 15.4 Å². The molecule has 0 aliphatic rings. The summed E-state index contributed by atoms with van der Waals surface area (Å²) in [5.74, 6) is 0.558. The van der Waals surface area contributed by atoms with Gasteiger partial charge in [0.15, 0.2) is 0 Å². The lowest BCUT2D eigenvalue weighted by molar-refractivity contribution is -0.120. The SMILES string of the molecule is COc1ccc(CCNC(=O)CNCCc2ccccc2F)cc1. The summed E-state index contributed by atoms with van der Waals surface area (Å²) >= 11 is 0.